The number of rotatable bonds is 2. The molecule has 0 aromatic carbocycles. The number of ether oxygens (including phenoxy) is 1. The monoisotopic (exact) mass is 187 g/mol. The smallest absolute Gasteiger partial charge is 0.391 e. The number of hydrogen-bond donors (Lipinski definition) is 1. The first-order valence-electron chi connectivity index (χ1n) is 3.91. The topological polar surface area (TPSA) is 78.6 Å². The van der Waals surface area contributed by atoms with Crippen LogP contribution in [0.15, 0.2) is 13.6 Å². The summed E-state index contributed by atoms with van der Waals surface area (Å²) < 4.78 is 14.4. The number of hydrogen-bond acceptors (Lipinski definition) is 5. The normalized spacial score (nSPS) is 11.9. The Morgan fingerprint density at radius 3 is 2.38 bits per heavy atom. The van der Waals surface area contributed by atoms with Crippen molar-refractivity contribution in [2.45, 2.75) is 33.0 Å². The van der Waals surface area contributed by atoms with Crippen molar-refractivity contribution in [2.75, 3.05) is 5.73 Å². The second-order valence-corrected chi connectivity index (χ2v) is 3.64. The molecule has 74 valence electrons. The molecule has 0 aliphatic carbocycles. The van der Waals surface area contributed by atoms with E-state index in [1.807, 2.05) is 20.8 Å². The lowest BCUT2D eigenvalue weighted by molar-refractivity contribution is -0.0224. The molecule has 2 N–H and O–H groups in total. The van der Waals surface area contributed by atoms with Crippen LogP contribution in [0.25, 0.3) is 0 Å². The van der Waals surface area contributed by atoms with Gasteiger partial charge in [-0.05, 0) is 20.8 Å². The third-order valence-electron chi connectivity index (χ3n) is 1.31. The molecule has 1 aromatic heterocycles. The highest BCUT2D eigenvalue weighted by Crippen LogP contribution is 2.15. The fourth-order valence-corrected chi connectivity index (χ4v) is 0.701. The zero-order chi connectivity index (χ0) is 10.1. The minimum Gasteiger partial charge on any atom is -0.391 e. The highest BCUT2D eigenvalue weighted by atomic mass is 16.6. The molecule has 0 bridgehead atoms. The molecule has 5 nitrogen and oxygen atoms in total. The maximum atomic E-state index is 10.6. The summed E-state index contributed by atoms with van der Waals surface area (Å²) >= 11 is 0. The average molecular weight is 187 g/mol. The molecule has 0 unspecified atom stereocenters. The molecular formula is C8H13NO4. The summed E-state index contributed by atoms with van der Waals surface area (Å²) in [5.74, 6) is -0.584. The van der Waals surface area contributed by atoms with Crippen LogP contribution in [0.2, 0.25) is 0 Å². The Bertz CT molecular complexity index is 331. The molecule has 5 heteroatoms. The molecule has 1 aromatic rings. The Hall–Kier alpha value is -1.23. The number of anilines is 1. The molecule has 1 rings (SSSR count). The molecule has 0 amide bonds. The first-order valence-corrected chi connectivity index (χ1v) is 3.91. The van der Waals surface area contributed by atoms with Gasteiger partial charge in [0.2, 0.25) is 5.88 Å². The predicted molar refractivity (Wildman–Crippen MR) is 46.2 cm³/mol. The van der Waals surface area contributed by atoms with Gasteiger partial charge in [0.15, 0.2) is 5.76 Å². The Morgan fingerprint density at radius 1 is 1.38 bits per heavy atom. The van der Waals surface area contributed by atoms with Gasteiger partial charge in [-0.2, -0.15) is 0 Å². The summed E-state index contributed by atoms with van der Waals surface area (Å²) in [4.78, 5) is 10.6. The predicted octanol–water partition coefficient (Wildman–Crippen LogP) is 1.13. The van der Waals surface area contributed by atoms with E-state index in [-0.39, 0.29) is 23.9 Å². The SMILES string of the molecule is CC(C)(C)OCc1oc(=O)oc1N. The molecule has 0 fully saturated rings. The standard InChI is InChI=1S/C8H13NO4/c1-8(2,3)11-4-5-6(9)13-7(10)12-5/h4,9H2,1-3H3. The Balaban J connectivity index is 2.65. The number of nitrogen functional groups attached to an aromatic ring is 1. The van der Waals surface area contributed by atoms with Gasteiger partial charge in [0.05, 0.1) is 5.60 Å². The summed E-state index contributed by atoms with van der Waals surface area (Å²) in [6, 6.07) is 0. The van der Waals surface area contributed by atoms with Gasteiger partial charge in [0.1, 0.15) is 6.61 Å². The van der Waals surface area contributed by atoms with Crippen LogP contribution in [0.5, 0.6) is 0 Å². The Labute approximate surface area is 75.5 Å². The molecule has 0 radical (unpaired) electrons. The van der Waals surface area contributed by atoms with Crippen molar-refractivity contribution in [3.8, 4) is 0 Å². The lowest BCUT2D eigenvalue weighted by atomic mass is 10.2. The van der Waals surface area contributed by atoms with Crippen molar-refractivity contribution in [1.29, 1.82) is 0 Å². The molecule has 0 saturated carbocycles. The third kappa shape index (κ3) is 2.95. The van der Waals surface area contributed by atoms with E-state index in [1.165, 1.54) is 0 Å². The van der Waals surface area contributed by atoms with Crippen LogP contribution in [-0.4, -0.2) is 5.60 Å². The number of nitrogens with two attached hydrogens (primary N) is 1. The first-order chi connectivity index (χ1) is 5.88. The zero-order valence-corrected chi connectivity index (χ0v) is 7.92. The van der Waals surface area contributed by atoms with Crippen LogP contribution in [-0.2, 0) is 11.3 Å². The van der Waals surface area contributed by atoms with Crippen LogP contribution in [0.3, 0.4) is 0 Å². The van der Waals surface area contributed by atoms with E-state index in [0.717, 1.165) is 0 Å². The van der Waals surface area contributed by atoms with E-state index in [0.29, 0.717) is 0 Å². The summed E-state index contributed by atoms with van der Waals surface area (Å²) in [5, 5.41) is 0. The van der Waals surface area contributed by atoms with Crippen molar-refractivity contribution in [1.82, 2.24) is 0 Å². The highest BCUT2D eigenvalue weighted by molar-refractivity contribution is 5.25. The van der Waals surface area contributed by atoms with Crippen LogP contribution < -0.4 is 11.6 Å². The second kappa shape index (κ2) is 3.26. The van der Waals surface area contributed by atoms with Crippen molar-refractivity contribution < 1.29 is 13.6 Å². The fraction of sp³-hybridized carbons (Fsp3) is 0.625. The minimum absolute atomic E-state index is 0.0192. The first kappa shape index (κ1) is 9.85. The van der Waals surface area contributed by atoms with E-state index in [2.05, 4.69) is 8.83 Å². The van der Waals surface area contributed by atoms with Gasteiger partial charge in [-0.25, -0.2) is 4.79 Å². The maximum absolute atomic E-state index is 10.6. The average Bonchev–Trinajstić information content (AvgIpc) is 2.24. The van der Waals surface area contributed by atoms with Crippen molar-refractivity contribution >= 4 is 5.88 Å². The van der Waals surface area contributed by atoms with Gasteiger partial charge in [0.25, 0.3) is 0 Å². The van der Waals surface area contributed by atoms with Gasteiger partial charge >= 0.3 is 5.82 Å². The molecule has 13 heavy (non-hydrogen) atoms. The van der Waals surface area contributed by atoms with E-state index in [9.17, 15) is 4.79 Å². The van der Waals surface area contributed by atoms with Crippen LogP contribution in [0, 0.1) is 0 Å². The quantitative estimate of drug-likeness (QED) is 0.750. The van der Waals surface area contributed by atoms with Crippen LogP contribution in [0.1, 0.15) is 26.5 Å². The van der Waals surface area contributed by atoms with Crippen LogP contribution in [0.4, 0.5) is 5.88 Å². The summed E-state index contributed by atoms with van der Waals surface area (Å²) in [7, 11) is 0. The summed E-state index contributed by atoms with van der Waals surface area (Å²) in [6.07, 6.45) is 0. The van der Waals surface area contributed by atoms with Crippen LogP contribution >= 0.6 is 0 Å². The lowest BCUT2D eigenvalue weighted by Crippen LogP contribution is -2.18. The van der Waals surface area contributed by atoms with Gasteiger partial charge in [-0.3, -0.25) is 0 Å². The molecule has 0 saturated heterocycles. The zero-order valence-electron chi connectivity index (χ0n) is 7.92. The van der Waals surface area contributed by atoms with Crippen molar-refractivity contribution in [2.24, 2.45) is 0 Å². The maximum Gasteiger partial charge on any atom is 0.520 e. The Kier molecular flexibility index (Phi) is 2.47. The largest absolute Gasteiger partial charge is 0.520 e. The molecular weight excluding hydrogens is 174 g/mol. The fourth-order valence-electron chi connectivity index (χ4n) is 0.701. The van der Waals surface area contributed by atoms with Gasteiger partial charge < -0.3 is 19.3 Å². The lowest BCUT2D eigenvalue weighted by Gasteiger charge is -2.18. The molecule has 0 aliphatic heterocycles. The van der Waals surface area contributed by atoms with E-state index in [1.54, 1.807) is 0 Å². The third-order valence-corrected chi connectivity index (χ3v) is 1.31. The molecule has 1 heterocycles. The van der Waals surface area contributed by atoms with Gasteiger partial charge in [-0.15, -0.1) is 0 Å². The van der Waals surface area contributed by atoms with Gasteiger partial charge in [0, 0.05) is 0 Å². The minimum atomic E-state index is -0.801. The summed E-state index contributed by atoms with van der Waals surface area (Å²) in [6.45, 7) is 5.81. The van der Waals surface area contributed by atoms with E-state index in [4.69, 9.17) is 10.5 Å². The van der Waals surface area contributed by atoms with E-state index < -0.39 is 5.82 Å². The molecule has 0 spiro atoms. The second-order valence-electron chi connectivity index (χ2n) is 3.64. The Morgan fingerprint density at radius 2 is 2.00 bits per heavy atom. The van der Waals surface area contributed by atoms with Gasteiger partial charge in [-0.1, -0.05) is 0 Å². The summed E-state index contributed by atoms with van der Waals surface area (Å²) in [5.41, 5.74) is 5.03. The van der Waals surface area contributed by atoms with E-state index >= 15 is 0 Å². The molecule has 0 atom stereocenters. The van der Waals surface area contributed by atoms with Crippen molar-refractivity contribution in [3.63, 3.8) is 0 Å². The molecule has 0 aliphatic rings. The highest BCUT2D eigenvalue weighted by Gasteiger charge is 2.15. The van der Waals surface area contributed by atoms with Crippen molar-refractivity contribution in [3.05, 3.63) is 16.4 Å².